The van der Waals surface area contributed by atoms with Gasteiger partial charge in [-0.15, -0.1) is 0 Å². The predicted molar refractivity (Wildman–Crippen MR) is 80.2 cm³/mol. The van der Waals surface area contributed by atoms with E-state index < -0.39 is 0 Å². The molecule has 0 saturated carbocycles. The van der Waals surface area contributed by atoms with Gasteiger partial charge in [-0.1, -0.05) is 31.5 Å². The van der Waals surface area contributed by atoms with Gasteiger partial charge in [0.1, 0.15) is 0 Å². The summed E-state index contributed by atoms with van der Waals surface area (Å²) in [5, 5.41) is 2.74. The lowest BCUT2D eigenvalue weighted by Crippen LogP contribution is -2.38. The lowest BCUT2D eigenvalue weighted by atomic mass is 10.1. The van der Waals surface area contributed by atoms with Crippen LogP contribution in [0.2, 0.25) is 0 Å². The first kappa shape index (κ1) is 16.2. The Morgan fingerprint density at radius 3 is 2.55 bits per heavy atom. The second kappa shape index (κ2) is 8.32. The van der Waals surface area contributed by atoms with Crippen LogP contribution in [0.25, 0.3) is 0 Å². The summed E-state index contributed by atoms with van der Waals surface area (Å²) < 4.78 is 0. The molecule has 1 rings (SSSR count). The number of hydrogen-bond donors (Lipinski definition) is 2. The Bertz CT molecular complexity index is 434. The Labute approximate surface area is 120 Å². The third-order valence-electron chi connectivity index (χ3n) is 2.96. The quantitative estimate of drug-likeness (QED) is 0.795. The number of para-hydroxylation sites is 1. The van der Waals surface area contributed by atoms with Crippen LogP contribution in [0, 0.1) is 0 Å². The highest BCUT2D eigenvalue weighted by atomic mass is 16.2. The van der Waals surface area contributed by atoms with Crippen LogP contribution in [-0.2, 0) is 9.59 Å². The Balaban J connectivity index is 2.39. The average molecular weight is 277 g/mol. The average Bonchev–Trinajstić information content (AvgIpc) is 2.39. The van der Waals surface area contributed by atoms with Crippen molar-refractivity contribution >= 4 is 17.5 Å². The number of nitrogens with two attached hydrogens (primary N) is 1. The van der Waals surface area contributed by atoms with Crippen LogP contribution in [0.5, 0.6) is 0 Å². The number of carbonyl (C=O) groups is 2. The summed E-state index contributed by atoms with van der Waals surface area (Å²) in [4.78, 5) is 25.1. The fourth-order valence-electron chi connectivity index (χ4n) is 1.88. The number of nitrogens with zero attached hydrogens (tertiary/aromatic N) is 1. The van der Waals surface area contributed by atoms with E-state index in [-0.39, 0.29) is 30.8 Å². The molecule has 3 N–H and O–H groups in total. The van der Waals surface area contributed by atoms with E-state index in [2.05, 4.69) is 5.32 Å². The van der Waals surface area contributed by atoms with Crippen LogP contribution in [0.4, 0.5) is 5.69 Å². The van der Waals surface area contributed by atoms with Gasteiger partial charge in [0.2, 0.25) is 11.8 Å². The first-order valence-electron chi connectivity index (χ1n) is 6.87. The Hall–Kier alpha value is -1.88. The van der Waals surface area contributed by atoms with Crippen LogP contribution in [0.15, 0.2) is 30.3 Å². The van der Waals surface area contributed by atoms with Gasteiger partial charge in [0, 0.05) is 25.2 Å². The Morgan fingerprint density at radius 2 is 1.95 bits per heavy atom. The number of likely N-dealkylation sites (N-methyl/N-ethyl adjacent to an activating group) is 1. The predicted octanol–water partition coefficient (Wildman–Crippen LogP) is 1.60. The summed E-state index contributed by atoms with van der Waals surface area (Å²) >= 11 is 0. The van der Waals surface area contributed by atoms with E-state index >= 15 is 0 Å². The topological polar surface area (TPSA) is 75.4 Å². The fraction of sp³-hybridized carbons (Fsp3) is 0.467. The van der Waals surface area contributed by atoms with Gasteiger partial charge in [0.15, 0.2) is 0 Å². The number of amides is 2. The lowest BCUT2D eigenvalue weighted by Gasteiger charge is -2.19. The zero-order valence-electron chi connectivity index (χ0n) is 12.1. The molecule has 0 fully saturated rings. The monoisotopic (exact) mass is 277 g/mol. The summed E-state index contributed by atoms with van der Waals surface area (Å²) in [6.07, 6.45) is 2.05. The first-order valence-corrected chi connectivity index (χ1v) is 6.87. The molecular formula is C15H23N3O2. The lowest BCUT2D eigenvalue weighted by molar-refractivity contribution is -0.133. The van der Waals surface area contributed by atoms with Gasteiger partial charge in [-0.3, -0.25) is 9.59 Å². The molecule has 0 aromatic heterocycles. The molecule has 5 nitrogen and oxygen atoms in total. The first-order chi connectivity index (χ1) is 9.52. The van der Waals surface area contributed by atoms with E-state index in [0.29, 0.717) is 0 Å². The molecule has 0 radical (unpaired) electrons. The van der Waals surface area contributed by atoms with Crippen molar-refractivity contribution in [3.05, 3.63) is 30.3 Å². The van der Waals surface area contributed by atoms with Crippen molar-refractivity contribution in [2.75, 3.05) is 18.9 Å². The minimum atomic E-state index is -0.212. The van der Waals surface area contributed by atoms with Crippen LogP contribution in [0.3, 0.4) is 0 Å². The van der Waals surface area contributed by atoms with Crippen LogP contribution >= 0.6 is 0 Å². The molecule has 5 heteroatoms. The maximum Gasteiger partial charge on any atom is 0.243 e. The van der Waals surface area contributed by atoms with Gasteiger partial charge < -0.3 is 16.0 Å². The summed E-state index contributed by atoms with van der Waals surface area (Å²) in [7, 11) is 1.62. The van der Waals surface area contributed by atoms with Crippen molar-refractivity contribution in [3.8, 4) is 0 Å². The zero-order chi connectivity index (χ0) is 15.0. The second-order valence-corrected chi connectivity index (χ2v) is 4.92. The van der Waals surface area contributed by atoms with E-state index in [1.807, 2.05) is 25.1 Å². The SMILES string of the molecule is CCCC(N)CC(=O)N(C)CC(=O)Nc1ccccc1. The molecule has 0 heterocycles. The van der Waals surface area contributed by atoms with E-state index in [4.69, 9.17) is 5.73 Å². The van der Waals surface area contributed by atoms with E-state index in [0.717, 1.165) is 18.5 Å². The summed E-state index contributed by atoms with van der Waals surface area (Å²) in [6, 6.07) is 9.03. The molecule has 1 aromatic rings. The second-order valence-electron chi connectivity index (χ2n) is 4.92. The van der Waals surface area contributed by atoms with Gasteiger partial charge in [0.05, 0.1) is 6.54 Å². The van der Waals surface area contributed by atoms with Crippen LogP contribution in [0.1, 0.15) is 26.2 Å². The van der Waals surface area contributed by atoms with E-state index in [1.165, 1.54) is 4.90 Å². The fourth-order valence-corrected chi connectivity index (χ4v) is 1.88. The van der Waals surface area contributed by atoms with Gasteiger partial charge in [-0.25, -0.2) is 0 Å². The summed E-state index contributed by atoms with van der Waals surface area (Å²) in [5.41, 5.74) is 6.55. The van der Waals surface area contributed by atoms with Crippen molar-refractivity contribution in [2.24, 2.45) is 5.73 Å². The number of hydrogen-bond acceptors (Lipinski definition) is 3. The third-order valence-corrected chi connectivity index (χ3v) is 2.96. The van der Waals surface area contributed by atoms with Gasteiger partial charge in [0.25, 0.3) is 0 Å². The molecule has 0 spiro atoms. The molecule has 1 atom stereocenters. The summed E-state index contributed by atoms with van der Waals surface area (Å²) in [6.45, 7) is 2.06. The minimum absolute atomic E-state index is 0.0343. The van der Waals surface area contributed by atoms with Crippen molar-refractivity contribution in [3.63, 3.8) is 0 Å². The van der Waals surface area contributed by atoms with Crippen molar-refractivity contribution < 1.29 is 9.59 Å². The molecule has 0 aliphatic rings. The third kappa shape index (κ3) is 5.84. The molecule has 0 aliphatic heterocycles. The largest absolute Gasteiger partial charge is 0.336 e. The van der Waals surface area contributed by atoms with Crippen LogP contribution < -0.4 is 11.1 Å². The molecule has 1 aromatic carbocycles. The smallest absolute Gasteiger partial charge is 0.243 e. The summed E-state index contributed by atoms with van der Waals surface area (Å²) in [5.74, 6) is -0.315. The molecule has 110 valence electrons. The van der Waals surface area contributed by atoms with Gasteiger partial charge in [-0.05, 0) is 18.6 Å². The normalized spacial score (nSPS) is 11.8. The molecular weight excluding hydrogens is 254 g/mol. The Kier molecular flexibility index (Phi) is 6.73. The number of carbonyl (C=O) groups excluding carboxylic acids is 2. The highest BCUT2D eigenvalue weighted by Gasteiger charge is 2.15. The van der Waals surface area contributed by atoms with Gasteiger partial charge in [-0.2, -0.15) is 0 Å². The molecule has 1 unspecified atom stereocenters. The maximum atomic E-state index is 11.9. The minimum Gasteiger partial charge on any atom is -0.336 e. The standard InChI is InChI=1S/C15H23N3O2/c1-3-7-12(16)10-15(20)18(2)11-14(19)17-13-8-5-4-6-9-13/h4-6,8-9,12H,3,7,10-11,16H2,1-2H3,(H,17,19). The molecule has 0 aliphatic carbocycles. The van der Waals surface area contributed by atoms with E-state index in [1.54, 1.807) is 19.2 Å². The Morgan fingerprint density at radius 1 is 1.30 bits per heavy atom. The van der Waals surface area contributed by atoms with Gasteiger partial charge >= 0.3 is 0 Å². The molecule has 0 bridgehead atoms. The molecule has 2 amide bonds. The highest BCUT2D eigenvalue weighted by molar-refractivity contribution is 5.94. The van der Waals surface area contributed by atoms with Crippen molar-refractivity contribution in [2.45, 2.75) is 32.2 Å². The number of rotatable bonds is 7. The van der Waals surface area contributed by atoms with Crippen LogP contribution in [-0.4, -0.2) is 36.3 Å². The van der Waals surface area contributed by atoms with Crippen molar-refractivity contribution in [1.29, 1.82) is 0 Å². The number of anilines is 1. The van der Waals surface area contributed by atoms with E-state index in [9.17, 15) is 9.59 Å². The van der Waals surface area contributed by atoms with Crippen molar-refractivity contribution in [1.82, 2.24) is 4.90 Å². The number of nitrogens with one attached hydrogen (secondary N) is 1. The molecule has 20 heavy (non-hydrogen) atoms. The highest BCUT2D eigenvalue weighted by Crippen LogP contribution is 2.05. The molecule has 0 saturated heterocycles. The zero-order valence-corrected chi connectivity index (χ0v) is 12.1. The number of benzene rings is 1. The maximum absolute atomic E-state index is 11.9.